The zero-order chi connectivity index (χ0) is 16.8. The zero-order valence-electron chi connectivity index (χ0n) is 13.2. The van der Waals surface area contributed by atoms with Gasteiger partial charge < -0.3 is 20.7 Å². The topological polar surface area (TPSA) is 62.4 Å². The number of thiocarbonyl (C=S) groups is 1. The number of halogens is 1. The summed E-state index contributed by atoms with van der Waals surface area (Å²) in [5, 5.41) is 9.26. The molecule has 0 atom stereocenters. The van der Waals surface area contributed by atoms with Crippen LogP contribution in [-0.4, -0.2) is 29.9 Å². The van der Waals surface area contributed by atoms with Gasteiger partial charge in [0.15, 0.2) is 5.11 Å². The summed E-state index contributed by atoms with van der Waals surface area (Å²) in [6.07, 6.45) is -0.435. The van der Waals surface area contributed by atoms with Crippen molar-refractivity contribution in [1.29, 1.82) is 0 Å². The number of amides is 1. The molecule has 0 aliphatic heterocycles. The van der Waals surface area contributed by atoms with Gasteiger partial charge in [-0.25, -0.2) is 4.79 Å². The number of rotatable bonds is 4. The lowest BCUT2D eigenvalue weighted by atomic mass is 10.2. The maximum Gasteiger partial charge on any atom is 0.407 e. The number of hydrogen-bond donors (Lipinski definition) is 3. The Kier molecular flexibility index (Phi) is 7.09. The number of alkyl carbamates (subject to hydrolysis) is 1. The summed E-state index contributed by atoms with van der Waals surface area (Å²) in [5.41, 5.74) is 1.56. The van der Waals surface area contributed by atoms with E-state index in [9.17, 15) is 4.79 Å². The molecule has 1 amide bonds. The van der Waals surface area contributed by atoms with Crippen LogP contribution in [0.2, 0.25) is 0 Å². The lowest BCUT2D eigenvalue weighted by Gasteiger charge is -2.19. The second-order valence-electron chi connectivity index (χ2n) is 5.77. The molecule has 3 N–H and O–H groups in total. The average Bonchev–Trinajstić information content (AvgIpc) is 2.37. The summed E-state index contributed by atoms with van der Waals surface area (Å²) in [6, 6.07) is 5.91. The quantitative estimate of drug-likeness (QED) is 0.544. The maximum absolute atomic E-state index is 11.4. The first-order valence-electron chi connectivity index (χ1n) is 6.95. The van der Waals surface area contributed by atoms with Gasteiger partial charge in [0.25, 0.3) is 0 Å². The van der Waals surface area contributed by atoms with Gasteiger partial charge in [-0.1, -0.05) is 22.0 Å². The predicted octanol–water partition coefficient (Wildman–Crippen LogP) is 3.57. The summed E-state index contributed by atoms with van der Waals surface area (Å²) >= 11 is 8.67. The molecule has 0 radical (unpaired) electrons. The Labute approximate surface area is 145 Å². The minimum Gasteiger partial charge on any atom is -0.444 e. The molecule has 0 aromatic heterocycles. The summed E-state index contributed by atoms with van der Waals surface area (Å²) in [4.78, 5) is 11.4. The Morgan fingerprint density at radius 2 is 1.91 bits per heavy atom. The molecular weight excluding hydrogens is 366 g/mol. The highest BCUT2D eigenvalue weighted by Crippen LogP contribution is 2.20. The van der Waals surface area contributed by atoms with Crippen molar-refractivity contribution in [3.05, 3.63) is 28.2 Å². The Balaban J connectivity index is 2.26. The molecule has 0 aliphatic carbocycles. The molecule has 22 heavy (non-hydrogen) atoms. The third kappa shape index (κ3) is 7.61. The SMILES string of the molecule is Cc1ccc(NC(=S)NCCNC(=O)OC(C)(C)C)cc1Br. The van der Waals surface area contributed by atoms with Crippen LogP contribution in [0.15, 0.2) is 22.7 Å². The smallest absolute Gasteiger partial charge is 0.407 e. The van der Waals surface area contributed by atoms with Gasteiger partial charge in [-0.3, -0.25) is 0 Å². The van der Waals surface area contributed by atoms with E-state index in [4.69, 9.17) is 17.0 Å². The molecule has 1 aromatic carbocycles. The van der Waals surface area contributed by atoms with Crippen molar-refractivity contribution in [3.63, 3.8) is 0 Å². The predicted molar refractivity (Wildman–Crippen MR) is 97.3 cm³/mol. The normalized spacial score (nSPS) is 10.8. The van der Waals surface area contributed by atoms with Crippen molar-refractivity contribution >= 4 is 45.0 Å². The molecule has 0 aliphatic rings. The molecule has 0 heterocycles. The highest BCUT2D eigenvalue weighted by atomic mass is 79.9. The molecule has 0 saturated heterocycles. The van der Waals surface area contributed by atoms with Gasteiger partial charge in [0.1, 0.15) is 5.60 Å². The van der Waals surface area contributed by atoms with Crippen molar-refractivity contribution in [2.75, 3.05) is 18.4 Å². The lowest BCUT2D eigenvalue weighted by molar-refractivity contribution is 0.0529. The van der Waals surface area contributed by atoms with E-state index >= 15 is 0 Å². The van der Waals surface area contributed by atoms with Gasteiger partial charge in [0.2, 0.25) is 0 Å². The van der Waals surface area contributed by atoms with Gasteiger partial charge in [-0.05, 0) is 57.6 Å². The average molecular weight is 388 g/mol. The molecular formula is C15H22BrN3O2S. The summed E-state index contributed by atoms with van der Waals surface area (Å²) in [6.45, 7) is 8.43. The molecule has 0 spiro atoms. The first kappa shape index (κ1) is 18.7. The van der Waals surface area contributed by atoms with Crippen LogP contribution in [0.1, 0.15) is 26.3 Å². The minimum absolute atomic E-state index is 0.425. The summed E-state index contributed by atoms with van der Waals surface area (Å²) in [5.74, 6) is 0. The van der Waals surface area contributed by atoms with Crippen LogP contribution in [0, 0.1) is 6.92 Å². The number of nitrogens with one attached hydrogen (secondary N) is 3. The highest BCUT2D eigenvalue weighted by molar-refractivity contribution is 9.10. The third-order valence-electron chi connectivity index (χ3n) is 2.51. The second-order valence-corrected chi connectivity index (χ2v) is 7.04. The fraction of sp³-hybridized carbons (Fsp3) is 0.467. The number of carbonyl (C=O) groups is 1. The standard InChI is InChI=1S/C15H22BrN3O2S/c1-10-5-6-11(9-12(10)16)19-13(22)17-7-8-18-14(20)21-15(2,3)4/h5-6,9H,7-8H2,1-4H3,(H,18,20)(H2,17,19,22). The van der Waals surface area contributed by atoms with E-state index in [0.29, 0.717) is 18.2 Å². The molecule has 122 valence electrons. The number of anilines is 1. The van der Waals surface area contributed by atoms with Gasteiger partial charge in [0.05, 0.1) is 0 Å². The van der Waals surface area contributed by atoms with E-state index in [1.54, 1.807) is 0 Å². The molecule has 0 unspecified atom stereocenters. The Morgan fingerprint density at radius 1 is 1.27 bits per heavy atom. The fourth-order valence-corrected chi connectivity index (χ4v) is 2.10. The maximum atomic E-state index is 11.4. The first-order chi connectivity index (χ1) is 10.2. The first-order valence-corrected chi connectivity index (χ1v) is 8.15. The Bertz CT molecular complexity index is 544. The van der Waals surface area contributed by atoms with E-state index in [0.717, 1.165) is 15.7 Å². The van der Waals surface area contributed by atoms with Crippen LogP contribution >= 0.6 is 28.1 Å². The van der Waals surface area contributed by atoms with Gasteiger partial charge in [-0.15, -0.1) is 0 Å². The number of carbonyl (C=O) groups excluding carboxylic acids is 1. The zero-order valence-corrected chi connectivity index (χ0v) is 15.7. The number of aryl methyl sites for hydroxylation is 1. The molecule has 0 saturated carbocycles. The van der Waals surface area contributed by atoms with Gasteiger partial charge >= 0.3 is 6.09 Å². The summed E-state index contributed by atoms with van der Waals surface area (Å²) < 4.78 is 6.15. The molecule has 1 rings (SSSR count). The van der Waals surface area contributed by atoms with E-state index in [1.807, 2.05) is 45.9 Å². The highest BCUT2D eigenvalue weighted by Gasteiger charge is 2.15. The number of hydrogen-bond acceptors (Lipinski definition) is 3. The van der Waals surface area contributed by atoms with E-state index < -0.39 is 11.7 Å². The molecule has 7 heteroatoms. The lowest BCUT2D eigenvalue weighted by Crippen LogP contribution is -2.39. The molecule has 1 aromatic rings. The number of benzene rings is 1. The third-order valence-corrected chi connectivity index (χ3v) is 3.61. The van der Waals surface area contributed by atoms with Crippen molar-refractivity contribution in [3.8, 4) is 0 Å². The molecule has 0 fully saturated rings. The van der Waals surface area contributed by atoms with Crippen LogP contribution in [0.4, 0.5) is 10.5 Å². The monoisotopic (exact) mass is 387 g/mol. The summed E-state index contributed by atoms with van der Waals surface area (Å²) in [7, 11) is 0. The molecule has 5 nitrogen and oxygen atoms in total. The van der Waals surface area contributed by atoms with Crippen molar-refractivity contribution in [2.45, 2.75) is 33.3 Å². The largest absolute Gasteiger partial charge is 0.444 e. The Morgan fingerprint density at radius 3 is 2.50 bits per heavy atom. The Hall–Kier alpha value is -1.34. The van der Waals surface area contributed by atoms with Gasteiger partial charge in [-0.2, -0.15) is 0 Å². The van der Waals surface area contributed by atoms with Crippen molar-refractivity contribution in [2.24, 2.45) is 0 Å². The van der Waals surface area contributed by atoms with Crippen LogP contribution in [0.3, 0.4) is 0 Å². The van der Waals surface area contributed by atoms with E-state index in [1.165, 1.54) is 0 Å². The van der Waals surface area contributed by atoms with Crippen LogP contribution in [-0.2, 0) is 4.74 Å². The van der Waals surface area contributed by atoms with Crippen molar-refractivity contribution < 1.29 is 9.53 Å². The number of ether oxygens (including phenoxy) is 1. The van der Waals surface area contributed by atoms with Crippen LogP contribution < -0.4 is 16.0 Å². The van der Waals surface area contributed by atoms with Crippen LogP contribution in [0.25, 0.3) is 0 Å². The van der Waals surface area contributed by atoms with E-state index in [2.05, 4.69) is 31.9 Å². The van der Waals surface area contributed by atoms with E-state index in [-0.39, 0.29) is 0 Å². The van der Waals surface area contributed by atoms with Crippen LogP contribution in [0.5, 0.6) is 0 Å². The van der Waals surface area contributed by atoms with Crippen molar-refractivity contribution in [1.82, 2.24) is 10.6 Å². The second kappa shape index (κ2) is 8.33. The molecule has 0 bridgehead atoms. The fourth-order valence-electron chi connectivity index (χ4n) is 1.50. The van der Waals surface area contributed by atoms with Gasteiger partial charge in [0, 0.05) is 23.2 Å². The minimum atomic E-state index is -0.493.